The SMILES string of the molecule is CN=C(NCCCC(C)(C)C)N(C)C. The summed E-state index contributed by atoms with van der Waals surface area (Å²) in [5.74, 6) is 0.957. The number of guanidine groups is 1. The van der Waals surface area contributed by atoms with Crippen molar-refractivity contribution in [2.45, 2.75) is 33.6 Å². The molecule has 0 aliphatic heterocycles. The summed E-state index contributed by atoms with van der Waals surface area (Å²) < 4.78 is 0. The van der Waals surface area contributed by atoms with E-state index in [1.807, 2.05) is 26.0 Å². The summed E-state index contributed by atoms with van der Waals surface area (Å²) in [5, 5.41) is 3.32. The molecule has 0 bridgehead atoms. The molecule has 0 aromatic rings. The van der Waals surface area contributed by atoms with Crippen LogP contribution in [0.2, 0.25) is 0 Å². The number of hydrogen-bond donors (Lipinski definition) is 1. The molecule has 0 spiro atoms. The van der Waals surface area contributed by atoms with Gasteiger partial charge in [-0.2, -0.15) is 0 Å². The lowest BCUT2D eigenvalue weighted by molar-refractivity contribution is 0.364. The fraction of sp³-hybridized carbons (Fsp3) is 0.909. The minimum absolute atomic E-state index is 0.434. The molecule has 0 rings (SSSR count). The zero-order chi connectivity index (χ0) is 11.2. The summed E-state index contributed by atoms with van der Waals surface area (Å²) in [5.41, 5.74) is 0.434. The molecule has 0 atom stereocenters. The van der Waals surface area contributed by atoms with Crippen LogP contribution in [0.25, 0.3) is 0 Å². The molecule has 0 aromatic heterocycles. The summed E-state index contributed by atoms with van der Waals surface area (Å²) in [4.78, 5) is 6.15. The van der Waals surface area contributed by atoms with Gasteiger partial charge in [0.05, 0.1) is 0 Å². The average molecular weight is 199 g/mol. The van der Waals surface area contributed by atoms with E-state index in [0.717, 1.165) is 12.5 Å². The van der Waals surface area contributed by atoms with Crippen molar-refractivity contribution in [3.05, 3.63) is 0 Å². The van der Waals surface area contributed by atoms with Crippen LogP contribution in [0.3, 0.4) is 0 Å². The van der Waals surface area contributed by atoms with Crippen molar-refractivity contribution in [1.82, 2.24) is 10.2 Å². The maximum absolute atomic E-state index is 4.15. The van der Waals surface area contributed by atoms with Gasteiger partial charge < -0.3 is 10.2 Å². The molecule has 0 aliphatic rings. The van der Waals surface area contributed by atoms with Gasteiger partial charge in [-0.05, 0) is 18.3 Å². The van der Waals surface area contributed by atoms with E-state index in [4.69, 9.17) is 0 Å². The van der Waals surface area contributed by atoms with Crippen LogP contribution in [0.5, 0.6) is 0 Å². The Bertz CT molecular complexity index is 177. The van der Waals surface area contributed by atoms with Crippen molar-refractivity contribution in [2.24, 2.45) is 10.4 Å². The van der Waals surface area contributed by atoms with Crippen LogP contribution < -0.4 is 5.32 Å². The number of nitrogens with zero attached hydrogens (tertiary/aromatic N) is 2. The lowest BCUT2D eigenvalue weighted by atomic mass is 9.91. The monoisotopic (exact) mass is 199 g/mol. The third-order valence-corrected chi connectivity index (χ3v) is 2.02. The Hall–Kier alpha value is -0.730. The number of aliphatic imine (C=N–C) groups is 1. The fourth-order valence-corrected chi connectivity index (χ4v) is 1.26. The second-order valence-electron chi connectivity index (χ2n) is 5.03. The molecule has 14 heavy (non-hydrogen) atoms. The second kappa shape index (κ2) is 5.89. The highest BCUT2D eigenvalue weighted by Crippen LogP contribution is 2.19. The fourth-order valence-electron chi connectivity index (χ4n) is 1.26. The van der Waals surface area contributed by atoms with Crippen molar-refractivity contribution in [1.29, 1.82) is 0 Å². The number of hydrogen-bond acceptors (Lipinski definition) is 1. The summed E-state index contributed by atoms with van der Waals surface area (Å²) in [6.07, 6.45) is 2.43. The van der Waals surface area contributed by atoms with E-state index in [1.165, 1.54) is 12.8 Å². The van der Waals surface area contributed by atoms with Crippen molar-refractivity contribution in [3.8, 4) is 0 Å². The zero-order valence-corrected chi connectivity index (χ0v) is 10.5. The van der Waals surface area contributed by atoms with Crippen LogP contribution in [0.15, 0.2) is 4.99 Å². The molecule has 0 saturated carbocycles. The van der Waals surface area contributed by atoms with Crippen LogP contribution in [0, 0.1) is 5.41 Å². The smallest absolute Gasteiger partial charge is 0.193 e. The first-order chi connectivity index (χ1) is 6.37. The molecular weight excluding hydrogens is 174 g/mol. The Morgan fingerprint density at radius 2 is 1.86 bits per heavy atom. The lowest BCUT2D eigenvalue weighted by Crippen LogP contribution is -2.36. The predicted molar refractivity (Wildman–Crippen MR) is 63.7 cm³/mol. The highest BCUT2D eigenvalue weighted by atomic mass is 15.3. The summed E-state index contributed by atoms with van der Waals surface area (Å²) in [7, 11) is 5.81. The van der Waals surface area contributed by atoms with E-state index < -0.39 is 0 Å². The molecule has 3 nitrogen and oxygen atoms in total. The van der Waals surface area contributed by atoms with E-state index in [0.29, 0.717) is 5.41 Å². The zero-order valence-electron chi connectivity index (χ0n) is 10.5. The molecule has 0 amide bonds. The van der Waals surface area contributed by atoms with Gasteiger partial charge in [-0.3, -0.25) is 4.99 Å². The first-order valence-corrected chi connectivity index (χ1v) is 5.25. The molecule has 84 valence electrons. The van der Waals surface area contributed by atoms with Crippen LogP contribution in [0.1, 0.15) is 33.6 Å². The Morgan fingerprint density at radius 3 is 2.21 bits per heavy atom. The van der Waals surface area contributed by atoms with Crippen molar-refractivity contribution < 1.29 is 0 Å². The third kappa shape index (κ3) is 6.75. The third-order valence-electron chi connectivity index (χ3n) is 2.02. The molecule has 3 heteroatoms. The molecule has 0 aromatic carbocycles. The minimum atomic E-state index is 0.434. The highest BCUT2D eigenvalue weighted by molar-refractivity contribution is 5.79. The Kier molecular flexibility index (Phi) is 5.58. The molecule has 0 heterocycles. The molecule has 0 unspecified atom stereocenters. The van der Waals surface area contributed by atoms with Crippen LogP contribution >= 0.6 is 0 Å². The maximum Gasteiger partial charge on any atom is 0.193 e. The second-order valence-corrected chi connectivity index (χ2v) is 5.03. The highest BCUT2D eigenvalue weighted by Gasteiger charge is 2.09. The average Bonchev–Trinajstić information content (AvgIpc) is 2.01. The molecule has 0 radical (unpaired) electrons. The van der Waals surface area contributed by atoms with Crippen molar-refractivity contribution >= 4 is 5.96 Å². The summed E-state index contributed by atoms with van der Waals surface area (Å²) in [6.45, 7) is 7.82. The first kappa shape index (κ1) is 13.3. The Balaban J connectivity index is 3.64. The molecular formula is C11H25N3. The molecule has 1 N–H and O–H groups in total. The number of rotatable bonds is 3. The molecule has 0 aliphatic carbocycles. The standard InChI is InChI=1S/C11H25N3/c1-11(2,3)8-7-9-13-10(12-4)14(5)6/h7-9H2,1-6H3,(H,12,13). The van der Waals surface area contributed by atoms with Gasteiger partial charge in [0.25, 0.3) is 0 Å². The summed E-state index contributed by atoms with van der Waals surface area (Å²) >= 11 is 0. The van der Waals surface area contributed by atoms with Crippen LogP contribution in [-0.4, -0.2) is 38.5 Å². The van der Waals surface area contributed by atoms with E-state index >= 15 is 0 Å². The first-order valence-electron chi connectivity index (χ1n) is 5.25. The van der Waals surface area contributed by atoms with E-state index in [1.54, 1.807) is 0 Å². The van der Waals surface area contributed by atoms with Crippen LogP contribution in [-0.2, 0) is 0 Å². The Labute approximate surface area is 88.6 Å². The van der Waals surface area contributed by atoms with Gasteiger partial charge in [-0.25, -0.2) is 0 Å². The molecule has 0 fully saturated rings. The number of nitrogens with one attached hydrogen (secondary N) is 1. The van der Waals surface area contributed by atoms with E-state index in [2.05, 4.69) is 31.1 Å². The van der Waals surface area contributed by atoms with Gasteiger partial charge in [0.2, 0.25) is 0 Å². The largest absolute Gasteiger partial charge is 0.356 e. The van der Waals surface area contributed by atoms with Crippen molar-refractivity contribution in [2.75, 3.05) is 27.7 Å². The topological polar surface area (TPSA) is 27.6 Å². The normalized spacial score (nSPS) is 12.9. The van der Waals surface area contributed by atoms with Gasteiger partial charge in [0.1, 0.15) is 0 Å². The lowest BCUT2D eigenvalue weighted by Gasteiger charge is -2.20. The van der Waals surface area contributed by atoms with Gasteiger partial charge >= 0.3 is 0 Å². The quantitative estimate of drug-likeness (QED) is 0.427. The summed E-state index contributed by atoms with van der Waals surface area (Å²) in [6, 6.07) is 0. The minimum Gasteiger partial charge on any atom is -0.356 e. The maximum atomic E-state index is 4.15. The van der Waals surface area contributed by atoms with Crippen molar-refractivity contribution in [3.63, 3.8) is 0 Å². The van der Waals surface area contributed by atoms with E-state index in [-0.39, 0.29) is 0 Å². The van der Waals surface area contributed by atoms with E-state index in [9.17, 15) is 0 Å². The Morgan fingerprint density at radius 1 is 1.29 bits per heavy atom. The van der Waals surface area contributed by atoms with Gasteiger partial charge in [-0.15, -0.1) is 0 Å². The van der Waals surface area contributed by atoms with Gasteiger partial charge in [0, 0.05) is 27.7 Å². The van der Waals surface area contributed by atoms with Gasteiger partial charge in [-0.1, -0.05) is 20.8 Å². The van der Waals surface area contributed by atoms with Crippen LogP contribution in [0.4, 0.5) is 0 Å². The predicted octanol–water partition coefficient (Wildman–Crippen LogP) is 1.95. The molecule has 0 saturated heterocycles. The van der Waals surface area contributed by atoms with Gasteiger partial charge in [0.15, 0.2) is 5.96 Å².